The summed E-state index contributed by atoms with van der Waals surface area (Å²) in [4.78, 5) is 12.1. The normalized spacial score (nSPS) is 11.3. The SMILES string of the molecule is COc1ccc2ccc(OC(=O)CCCOc3ccc(C(C)(C)C)cc3)cc2c1. The number of fused-ring (bicyclic) bond motifs is 1. The van der Waals surface area contributed by atoms with E-state index in [1.165, 1.54) is 5.56 Å². The maximum atomic E-state index is 12.1. The van der Waals surface area contributed by atoms with Crippen LogP contribution in [0.1, 0.15) is 39.2 Å². The van der Waals surface area contributed by atoms with Crippen molar-refractivity contribution in [2.24, 2.45) is 0 Å². The van der Waals surface area contributed by atoms with E-state index in [0.717, 1.165) is 22.3 Å². The minimum atomic E-state index is -0.265. The van der Waals surface area contributed by atoms with Gasteiger partial charge in [-0.15, -0.1) is 0 Å². The molecule has 0 radical (unpaired) electrons. The molecule has 4 nitrogen and oxygen atoms in total. The highest BCUT2D eigenvalue weighted by Gasteiger charge is 2.13. The topological polar surface area (TPSA) is 44.8 Å². The van der Waals surface area contributed by atoms with Gasteiger partial charge in [-0.2, -0.15) is 0 Å². The first-order valence-corrected chi connectivity index (χ1v) is 9.87. The van der Waals surface area contributed by atoms with Crippen molar-refractivity contribution in [3.05, 3.63) is 66.2 Å². The van der Waals surface area contributed by atoms with Gasteiger partial charge in [-0.25, -0.2) is 0 Å². The van der Waals surface area contributed by atoms with E-state index in [1.54, 1.807) is 13.2 Å². The smallest absolute Gasteiger partial charge is 0.311 e. The quantitative estimate of drug-likeness (QED) is 0.285. The van der Waals surface area contributed by atoms with Crippen molar-refractivity contribution < 1.29 is 19.0 Å². The van der Waals surface area contributed by atoms with Gasteiger partial charge in [0.1, 0.15) is 17.2 Å². The molecule has 0 fully saturated rings. The maximum absolute atomic E-state index is 12.1. The molecule has 0 saturated carbocycles. The summed E-state index contributed by atoms with van der Waals surface area (Å²) >= 11 is 0. The van der Waals surface area contributed by atoms with Crippen LogP contribution in [0.2, 0.25) is 0 Å². The monoisotopic (exact) mass is 392 g/mol. The molecule has 0 aliphatic rings. The van der Waals surface area contributed by atoms with Gasteiger partial charge in [0.2, 0.25) is 0 Å². The summed E-state index contributed by atoms with van der Waals surface area (Å²) in [6.07, 6.45) is 0.900. The Morgan fingerprint density at radius 1 is 0.828 bits per heavy atom. The molecule has 3 aromatic carbocycles. The summed E-state index contributed by atoms with van der Waals surface area (Å²) in [6.45, 7) is 7.01. The van der Waals surface area contributed by atoms with Crippen LogP contribution in [0.25, 0.3) is 10.8 Å². The van der Waals surface area contributed by atoms with Gasteiger partial charge < -0.3 is 14.2 Å². The summed E-state index contributed by atoms with van der Waals surface area (Å²) in [5.74, 6) is 1.86. The van der Waals surface area contributed by atoms with Crippen LogP contribution in [0, 0.1) is 0 Å². The summed E-state index contributed by atoms with van der Waals surface area (Å²) in [6, 6.07) is 19.5. The second-order valence-corrected chi connectivity index (χ2v) is 8.08. The predicted octanol–water partition coefficient (Wildman–Crippen LogP) is 5.91. The van der Waals surface area contributed by atoms with Crippen molar-refractivity contribution in [1.82, 2.24) is 0 Å². The number of rotatable bonds is 7. The fourth-order valence-electron chi connectivity index (χ4n) is 3.03. The van der Waals surface area contributed by atoms with Gasteiger partial charge in [0.05, 0.1) is 13.7 Å². The molecule has 0 spiro atoms. The standard InChI is InChI=1S/C25H28O4/c1-25(2,3)20-9-13-21(14-10-20)28-15-5-6-24(26)29-23-12-8-18-7-11-22(27-4)16-19(18)17-23/h7-14,16-17H,5-6,15H2,1-4H3. The van der Waals surface area contributed by atoms with Crippen LogP contribution in [-0.4, -0.2) is 19.7 Å². The molecule has 4 heteroatoms. The molecule has 0 atom stereocenters. The van der Waals surface area contributed by atoms with E-state index in [2.05, 4.69) is 32.9 Å². The molecule has 152 valence electrons. The molecule has 0 bridgehead atoms. The molecule has 0 unspecified atom stereocenters. The lowest BCUT2D eigenvalue weighted by Crippen LogP contribution is -2.11. The Hall–Kier alpha value is -3.01. The number of esters is 1. The Morgan fingerprint density at radius 2 is 1.45 bits per heavy atom. The average molecular weight is 392 g/mol. The average Bonchev–Trinajstić information content (AvgIpc) is 2.70. The van der Waals surface area contributed by atoms with Crippen molar-refractivity contribution >= 4 is 16.7 Å². The number of methoxy groups -OCH3 is 1. The minimum absolute atomic E-state index is 0.121. The number of carbonyl (C=O) groups excluding carboxylic acids is 1. The molecule has 3 rings (SSSR count). The third kappa shape index (κ3) is 5.74. The zero-order chi connectivity index (χ0) is 20.9. The van der Waals surface area contributed by atoms with E-state index >= 15 is 0 Å². The van der Waals surface area contributed by atoms with Crippen molar-refractivity contribution in [2.75, 3.05) is 13.7 Å². The van der Waals surface area contributed by atoms with E-state index < -0.39 is 0 Å². The van der Waals surface area contributed by atoms with Crippen molar-refractivity contribution in [2.45, 2.75) is 39.0 Å². The van der Waals surface area contributed by atoms with Gasteiger partial charge in [-0.1, -0.05) is 45.0 Å². The van der Waals surface area contributed by atoms with Crippen LogP contribution in [-0.2, 0) is 10.2 Å². The van der Waals surface area contributed by atoms with Crippen LogP contribution >= 0.6 is 0 Å². The van der Waals surface area contributed by atoms with Gasteiger partial charge in [-0.05, 0) is 64.6 Å². The zero-order valence-corrected chi connectivity index (χ0v) is 17.5. The van der Waals surface area contributed by atoms with E-state index in [1.807, 2.05) is 42.5 Å². The number of hydrogen-bond donors (Lipinski definition) is 0. The van der Waals surface area contributed by atoms with Gasteiger partial charge in [0, 0.05) is 6.42 Å². The Morgan fingerprint density at radius 3 is 2.10 bits per heavy atom. The van der Waals surface area contributed by atoms with Crippen molar-refractivity contribution in [1.29, 1.82) is 0 Å². The van der Waals surface area contributed by atoms with Gasteiger partial charge in [0.25, 0.3) is 0 Å². The highest BCUT2D eigenvalue weighted by atomic mass is 16.5. The number of carbonyl (C=O) groups is 1. The molecular weight excluding hydrogens is 364 g/mol. The summed E-state index contributed by atoms with van der Waals surface area (Å²) < 4.78 is 16.4. The maximum Gasteiger partial charge on any atom is 0.311 e. The molecule has 0 aliphatic carbocycles. The second-order valence-electron chi connectivity index (χ2n) is 8.08. The second kappa shape index (κ2) is 8.99. The van der Waals surface area contributed by atoms with Crippen LogP contribution in [0.4, 0.5) is 0 Å². The van der Waals surface area contributed by atoms with Gasteiger partial charge in [-0.3, -0.25) is 4.79 Å². The largest absolute Gasteiger partial charge is 0.497 e. The van der Waals surface area contributed by atoms with E-state index in [0.29, 0.717) is 25.2 Å². The Kier molecular flexibility index (Phi) is 6.42. The third-order valence-corrected chi connectivity index (χ3v) is 4.76. The number of ether oxygens (including phenoxy) is 3. The van der Waals surface area contributed by atoms with E-state index in [4.69, 9.17) is 14.2 Å². The Labute approximate surface area is 172 Å². The van der Waals surface area contributed by atoms with E-state index in [-0.39, 0.29) is 11.4 Å². The molecular formula is C25H28O4. The van der Waals surface area contributed by atoms with Crippen LogP contribution in [0.15, 0.2) is 60.7 Å². The molecule has 0 saturated heterocycles. The third-order valence-electron chi connectivity index (χ3n) is 4.76. The number of hydrogen-bond acceptors (Lipinski definition) is 4. The highest BCUT2D eigenvalue weighted by molar-refractivity contribution is 5.86. The summed E-state index contributed by atoms with van der Waals surface area (Å²) in [7, 11) is 1.63. The lowest BCUT2D eigenvalue weighted by Gasteiger charge is -2.19. The lowest BCUT2D eigenvalue weighted by molar-refractivity contribution is -0.134. The Bertz CT molecular complexity index is 968. The van der Waals surface area contributed by atoms with Crippen LogP contribution in [0.5, 0.6) is 17.2 Å². The molecule has 0 amide bonds. The summed E-state index contributed by atoms with van der Waals surface area (Å²) in [5.41, 5.74) is 1.39. The van der Waals surface area contributed by atoms with E-state index in [9.17, 15) is 4.79 Å². The highest BCUT2D eigenvalue weighted by Crippen LogP contribution is 2.26. The predicted molar refractivity (Wildman–Crippen MR) is 116 cm³/mol. The van der Waals surface area contributed by atoms with Crippen molar-refractivity contribution in [3.8, 4) is 17.2 Å². The fraction of sp³-hybridized carbons (Fsp3) is 0.320. The first-order valence-electron chi connectivity index (χ1n) is 9.87. The fourth-order valence-corrected chi connectivity index (χ4v) is 3.03. The lowest BCUT2D eigenvalue weighted by atomic mass is 9.87. The Balaban J connectivity index is 1.47. The first kappa shape index (κ1) is 20.7. The van der Waals surface area contributed by atoms with Gasteiger partial charge in [0.15, 0.2) is 0 Å². The van der Waals surface area contributed by atoms with Gasteiger partial charge >= 0.3 is 5.97 Å². The first-order chi connectivity index (χ1) is 13.8. The molecule has 0 N–H and O–H groups in total. The zero-order valence-electron chi connectivity index (χ0n) is 17.5. The molecule has 0 heterocycles. The number of benzene rings is 3. The molecule has 29 heavy (non-hydrogen) atoms. The summed E-state index contributed by atoms with van der Waals surface area (Å²) in [5, 5.41) is 2.04. The molecule has 3 aromatic rings. The minimum Gasteiger partial charge on any atom is -0.497 e. The molecule has 0 aromatic heterocycles. The van der Waals surface area contributed by atoms with Crippen LogP contribution < -0.4 is 14.2 Å². The van der Waals surface area contributed by atoms with Crippen LogP contribution in [0.3, 0.4) is 0 Å². The molecule has 0 aliphatic heterocycles. The van der Waals surface area contributed by atoms with Crippen molar-refractivity contribution in [3.63, 3.8) is 0 Å².